The Balaban J connectivity index is 1.93. The van der Waals surface area contributed by atoms with Crippen LogP contribution in [0.5, 0.6) is 0 Å². The Kier molecular flexibility index (Phi) is 5.37. The SMILES string of the molecule is CCOC(=O)c1sc(N(C(=O)C(C)c2c(C)nn(C)c2C)C2CC2)nc1C. The normalized spacial score (nSPS) is 14.9. The first-order valence-corrected chi connectivity index (χ1v) is 10.1. The molecule has 1 aliphatic carbocycles. The number of carbonyl (C=O) groups excluding carboxylic acids is 2. The zero-order valence-corrected chi connectivity index (χ0v) is 17.5. The highest BCUT2D eigenvalue weighted by molar-refractivity contribution is 7.17. The molecular weight excluding hydrogens is 364 g/mol. The van der Waals surface area contributed by atoms with Crippen LogP contribution in [0.4, 0.5) is 5.13 Å². The average molecular weight is 391 g/mol. The maximum absolute atomic E-state index is 13.4. The van der Waals surface area contributed by atoms with Crippen molar-refractivity contribution in [1.29, 1.82) is 0 Å². The smallest absolute Gasteiger partial charge is 0.350 e. The third-order valence-corrected chi connectivity index (χ3v) is 6.11. The first-order chi connectivity index (χ1) is 12.8. The van der Waals surface area contributed by atoms with Crippen LogP contribution < -0.4 is 4.90 Å². The third-order valence-electron chi connectivity index (χ3n) is 4.97. The average Bonchev–Trinajstić information content (AvgIpc) is 3.31. The molecule has 0 saturated heterocycles. The van der Waals surface area contributed by atoms with Crippen LogP contribution in [0.25, 0.3) is 0 Å². The van der Waals surface area contributed by atoms with Crippen LogP contribution >= 0.6 is 11.3 Å². The molecule has 1 unspecified atom stereocenters. The third kappa shape index (κ3) is 3.63. The summed E-state index contributed by atoms with van der Waals surface area (Å²) in [6.45, 7) is 9.69. The van der Waals surface area contributed by atoms with Gasteiger partial charge in [0.1, 0.15) is 4.88 Å². The Bertz CT molecular complexity index is 882. The molecule has 7 nitrogen and oxygen atoms in total. The second-order valence-electron chi connectivity index (χ2n) is 7.00. The molecule has 1 amide bonds. The number of hydrogen-bond acceptors (Lipinski definition) is 6. The molecule has 0 aromatic carbocycles. The van der Waals surface area contributed by atoms with Gasteiger partial charge in [0.25, 0.3) is 0 Å². The zero-order chi connectivity index (χ0) is 19.9. The molecule has 2 aromatic heterocycles. The van der Waals surface area contributed by atoms with Gasteiger partial charge in [-0.05, 0) is 47.5 Å². The van der Waals surface area contributed by atoms with Crippen LogP contribution in [-0.2, 0) is 16.6 Å². The monoisotopic (exact) mass is 390 g/mol. The zero-order valence-electron chi connectivity index (χ0n) is 16.7. The Morgan fingerprint density at radius 1 is 1.30 bits per heavy atom. The maximum atomic E-state index is 13.4. The lowest BCUT2D eigenvalue weighted by molar-refractivity contribution is -0.119. The summed E-state index contributed by atoms with van der Waals surface area (Å²) in [5, 5.41) is 5.02. The Labute approximate surface area is 163 Å². The fourth-order valence-corrected chi connectivity index (χ4v) is 4.42. The summed E-state index contributed by atoms with van der Waals surface area (Å²) in [7, 11) is 1.89. The first-order valence-electron chi connectivity index (χ1n) is 9.23. The van der Waals surface area contributed by atoms with Crippen molar-refractivity contribution in [1.82, 2.24) is 14.8 Å². The van der Waals surface area contributed by atoms with Gasteiger partial charge in [-0.1, -0.05) is 11.3 Å². The van der Waals surface area contributed by atoms with Crippen molar-refractivity contribution < 1.29 is 14.3 Å². The summed E-state index contributed by atoms with van der Waals surface area (Å²) in [6, 6.07) is 0.151. The summed E-state index contributed by atoms with van der Waals surface area (Å²) in [4.78, 5) is 32.3. The van der Waals surface area contributed by atoms with Gasteiger partial charge in [0.15, 0.2) is 5.13 Å². The predicted octanol–water partition coefficient (Wildman–Crippen LogP) is 3.28. The minimum atomic E-state index is -0.381. The van der Waals surface area contributed by atoms with Gasteiger partial charge in [-0.3, -0.25) is 14.4 Å². The van der Waals surface area contributed by atoms with Gasteiger partial charge in [-0.25, -0.2) is 9.78 Å². The fraction of sp³-hybridized carbons (Fsp3) is 0.579. The Hall–Kier alpha value is -2.22. The summed E-state index contributed by atoms with van der Waals surface area (Å²) < 4.78 is 6.91. The van der Waals surface area contributed by atoms with Crippen molar-refractivity contribution >= 4 is 28.3 Å². The fourth-order valence-electron chi connectivity index (χ4n) is 3.38. The molecule has 8 heteroatoms. The van der Waals surface area contributed by atoms with E-state index in [-0.39, 0.29) is 23.8 Å². The topological polar surface area (TPSA) is 77.3 Å². The van der Waals surface area contributed by atoms with E-state index in [0.29, 0.717) is 22.3 Å². The second-order valence-corrected chi connectivity index (χ2v) is 7.98. The van der Waals surface area contributed by atoms with Gasteiger partial charge >= 0.3 is 5.97 Å². The lowest BCUT2D eigenvalue weighted by Crippen LogP contribution is -2.36. The summed E-state index contributed by atoms with van der Waals surface area (Å²) in [6.07, 6.45) is 1.91. The number of thiazole rings is 1. The lowest BCUT2D eigenvalue weighted by Gasteiger charge is -2.23. The number of rotatable bonds is 6. The van der Waals surface area contributed by atoms with Gasteiger partial charge in [0.2, 0.25) is 5.91 Å². The molecule has 0 spiro atoms. The quantitative estimate of drug-likeness (QED) is 0.708. The Morgan fingerprint density at radius 2 is 1.96 bits per heavy atom. The highest BCUT2D eigenvalue weighted by Gasteiger charge is 2.39. The van der Waals surface area contributed by atoms with E-state index in [1.807, 2.05) is 32.5 Å². The number of aryl methyl sites for hydroxylation is 3. The van der Waals surface area contributed by atoms with Gasteiger partial charge in [0, 0.05) is 24.3 Å². The van der Waals surface area contributed by atoms with Crippen LogP contribution in [0.2, 0.25) is 0 Å². The minimum absolute atomic E-state index is 0.000795. The number of hydrogen-bond donors (Lipinski definition) is 0. The second kappa shape index (κ2) is 7.42. The summed E-state index contributed by atoms with van der Waals surface area (Å²) in [5.41, 5.74) is 3.43. The van der Waals surface area contributed by atoms with E-state index < -0.39 is 0 Å². The van der Waals surface area contributed by atoms with Gasteiger partial charge < -0.3 is 4.74 Å². The number of aromatic nitrogens is 3. The number of esters is 1. The molecule has 1 aliphatic rings. The molecule has 1 saturated carbocycles. The summed E-state index contributed by atoms with van der Waals surface area (Å²) >= 11 is 1.24. The Morgan fingerprint density at radius 3 is 2.48 bits per heavy atom. The molecule has 1 atom stereocenters. The molecule has 0 radical (unpaired) electrons. The number of nitrogens with zero attached hydrogens (tertiary/aromatic N) is 4. The van der Waals surface area contributed by atoms with Crippen molar-refractivity contribution in [3.8, 4) is 0 Å². The largest absolute Gasteiger partial charge is 0.462 e. The van der Waals surface area contributed by atoms with E-state index in [0.717, 1.165) is 29.8 Å². The van der Waals surface area contributed by atoms with Crippen molar-refractivity contribution in [2.75, 3.05) is 11.5 Å². The number of ether oxygens (including phenoxy) is 1. The van der Waals surface area contributed by atoms with Crippen molar-refractivity contribution in [3.63, 3.8) is 0 Å². The highest BCUT2D eigenvalue weighted by Crippen LogP contribution is 2.38. The van der Waals surface area contributed by atoms with E-state index in [9.17, 15) is 9.59 Å². The maximum Gasteiger partial charge on any atom is 0.350 e. The number of amides is 1. The molecular formula is C19H26N4O3S. The van der Waals surface area contributed by atoms with Crippen LogP contribution in [0.1, 0.15) is 64.9 Å². The molecule has 0 bridgehead atoms. The van der Waals surface area contributed by atoms with E-state index in [1.54, 1.807) is 18.7 Å². The lowest BCUT2D eigenvalue weighted by atomic mass is 9.97. The molecule has 3 rings (SSSR count). The van der Waals surface area contributed by atoms with Gasteiger partial charge in [-0.15, -0.1) is 0 Å². The molecule has 0 N–H and O–H groups in total. The van der Waals surface area contributed by atoms with Crippen molar-refractivity contribution in [2.24, 2.45) is 7.05 Å². The molecule has 1 fully saturated rings. The van der Waals surface area contributed by atoms with E-state index in [2.05, 4.69) is 10.1 Å². The first kappa shape index (κ1) is 19.5. The predicted molar refractivity (Wildman–Crippen MR) is 104 cm³/mol. The molecule has 2 aromatic rings. The molecule has 0 aliphatic heterocycles. The molecule has 2 heterocycles. The van der Waals surface area contributed by atoms with Gasteiger partial charge in [0.05, 0.1) is 23.9 Å². The minimum Gasteiger partial charge on any atom is -0.462 e. The van der Waals surface area contributed by atoms with E-state index in [1.165, 1.54) is 11.3 Å². The van der Waals surface area contributed by atoms with E-state index in [4.69, 9.17) is 4.74 Å². The van der Waals surface area contributed by atoms with Crippen molar-refractivity contribution in [2.45, 2.75) is 59.4 Å². The molecule has 27 heavy (non-hydrogen) atoms. The highest BCUT2D eigenvalue weighted by atomic mass is 32.1. The molecule has 146 valence electrons. The van der Waals surface area contributed by atoms with Crippen LogP contribution in [-0.4, -0.2) is 39.3 Å². The van der Waals surface area contributed by atoms with Gasteiger partial charge in [-0.2, -0.15) is 5.10 Å². The standard InChI is InChI=1S/C19H26N4O3S/c1-7-26-18(25)16-12(4)20-19(27-16)23(14-8-9-14)17(24)10(2)15-11(3)21-22(6)13(15)5/h10,14H,7-9H2,1-6H3. The van der Waals surface area contributed by atoms with Crippen LogP contribution in [0, 0.1) is 20.8 Å². The van der Waals surface area contributed by atoms with Crippen LogP contribution in [0.3, 0.4) is 0 Å². The van der Waals surface area contributed by atoms with Crippen molar-refractivity contribution in [3.05, 3.63) is 27.5 Å². The number of anilines is 1. The van der Waals surface area contributed by atoms with E-state index >= 15 is 0 Å². The van der Waals surface area contributed by atoms with Crippen LogP contribution in [0.15, 0.2) is 0 Å². The summed E-state index contributed by atoms with van der Waals surface area (Å²) in [5.74, 6) is -0.704. The number of carbonyl (C=O) groups is 2.